The van der Waals surface area contributed by atoms with E-state index in [0.29, 0.717) is 33.5 Å². The van der Waals surface area contributed by atoms with Gasteiger partial charge in [-0.25, -0.2) is 4.98 Å². The summed E-state index contributed by atoms with van der Waals surface area (Å²) in [7, 11) is -1.70. The van der Waals surface area contributed by atoms with Crippen molar-refractivity contribution in [1.29, 1.82) is 0 Å². The number of fused-ring (bicyclic) bond motifs is 4. The number of pyridine rings is 2. The number of benzene rings is 5. The first-order valence-corrected chi connectivity index (χ1v) is 25.0. The average Bonchev–Trinajstić information content (AvgIpc) is 3.87. The normalized spacial score (nSPS) is 13.6. The van der Waals surface area contributed by atoms with Crippen LogP contribution in [0.2, 0.25) is 19.6 Å². The first-order valence-electron chi connectivity index (χ1n) is 24.0. The van der Waals surface area contributed by atoms with E-state index in [1.165, 1.54) is 22.3 Å². The fourth-order valence-corrected chi connectivity index (χ4v) is 9.51. The largest absolute Gasteiger partial charge is 0.486 e. The van der Waals surface area contributed by atoms with Crippen LogP contribution < -0.4 is 5.19 Å². The second kappa shape index (κ2) is 18.3. The molecule has 4 aromatic heterocycles. The van der Waals surface area contributed by atoms with Gasteiger partial charge in [-0.3, -0.25) is 4.98 Å². The summed E-state index contributed by atoms with van der Waals surface area (Å²) in [6, 6.07) is 44.5. The third-order valence-electron chi connectivity index (χ3n) is 11.1. The standard InChI is InChI=1S/C37H32N3O.C19H26NSi.Ir/c1-22(2)29-20-26(25-12-7-6-8-13-25)21-30(23(3)4)34(29)40-32-16-10-9-15-31(32)39-36(40)28-18-17-24(5)33-27-14-11-19-38-37(27)41-35(28)33;1-19(2,3)13-16-12-17(15-10-8-7-9-11-15)20-14-18(16)21(4,5)6;/h6-17,19-23H,1-5H3;7-10,12,14H,13H2,1-6H3;/q2*-1;/i5D3;13D2;. The zero-order valence-corrected chi connectivity index (χ0v) is 41.2. The fourth-order valence-electron chi connectivity index (χ4n) is 8.12. The maximum Gasteiger partial charge on any atom is 0.216 e. The number of para-hydroxylation sites is 2. The van der Waals surface area contributed by atoms with Gasteiger partial charge in [0.25, 0.3) is 0 Å². The second-order valence-corrected chi connectivity index (χ2v) is 23.7. The Kier molecular flexibility index (Phi) is 11.4. The summed E-state index contributed by atoms with van der Waals surface area (Å²) >= 11 is 0. The van der Waals surface area contributed by atoms with Gasteiger partial charge in [0.05, 0.1) is 30.5 Å². The van der Waals surface area contributed by atoms with Crippen LogP contribution in [0.3, 0.4) is 0 Å². The molecule has 0 unspecified atom stereocenters. The molecular weight excluding hydrogens is 965 g/mol. The molecule has 0 saturated heterocycles. The number of rotatable bonds is 8. The van der Waals surface area contributed by atoms with Gasteiger partial charge < -0.3 is 14.0 Å². The zero-order chi connectivity index (χ0) is 48.2. The van der Waals surface area contributed by atoms with E-state index >= 15 is 0 Å². The van der Waals surface area contributed by atoms with Crippen LogP contribution in [0, 0.1) is 24.4 Å². The Hall–Kier alpha value is -5.46. The Morgan fingerprint density at radius 1 is 0.810 bits per heavy atom. The minimum absolute atomic E-state index is 0. The molecule has 4 heterocycles. The van der Waals surface area contributed by atoms with E-state index in [9.17, 15) is 0 Å². The first-order chi connectivity index (χ1) is 31.6. The van der Waals surface area contributed by atoms with Crippen LogP contribution >= 0.6 is 0 Å². The van der Waals surface area contributed by atoms with Crippen LogP contribution in [-0.4, -0.2) is 27.6 Å². The van der Waals surface area contributed by atoms with E-state index in [1.54, 1.807) is 18.3 Å². The minimum atomic E-state index is -2.36. The second-order valence-electron chi connectivity index (χ2n) is 18.7. The van der Waals surface area contributed by atoms with Gasteiger partial charge in [0.1, 0.15) is 0 Å². The molecule has 1 radical (unpaired) electrons. The van der Waals surface area contributed by atoms with Crippen molar-refractivity contribution in [3.05, 3.63) is 162 Å². The smallest absolute Gasteiger partial charge is 0.216 e. The van der Waals surface area contributed by atoms with Crippen LogP contribution in [0.1, 0.15) is 89.4 Å². The van der Waals surface area contributed by atoms with Crippen molar-refractivity contribution in [2.45, 2.75) is 93.2 Å². The third-order valence-corrected chi connectivity index (χ3v) is 13.1. The van der Waals surface area contributed by atoms with Crippen molar-refractivity contribution >= 4 is 46.4 Å². The van der Waals surface area contributed by atoms with Gasteiger partial charge in [0.2, 0.25) is 5.71 Å². The summed E-state index contributed by atoms with van der Waals surface area (Å²) in [6.45, 7) is 19.1. The van der Waals surface area contributed by atoms with Crippen molar-refractivity contribution in [1.82, 2.24) is 19.5 Å². The molecule has 0 saturated carbocycles. The molecule has 5 aromatic carbocycles. The van der Waals surface area contributed by atoms with Crippen molar-refractivity contribution in [2.75, 3.05) is 0 Å². The van der Waals surface area contributed by atoms with Gasteiger partial charge in [0.15, 0.2) is 0 Å². The van der Waals surface area contributed by atoms with Gasteiger partial charge in [-0.2, -0.15) is 0 Å². The molecule has 0 amide bonds. The Labute approximate surface area is 395 Å². The van der Waals surface area contributed by atoms with Crippen LogP contribution in [0.5, 0.6) is 0 Å². The molecule has 0 aliphatic rings. The summed E-state index contributed by atoms with van der Waals surface area (Å²) in [5.41, 5.74) is 11.2. The van der Waals surface area contributed by atoms with E-state index in [1.807, 2.05) is 87.6 Å². The predicted molar refractivity (Wildman–Crippen MR) is 263 cm³/mol. The first kappa shape index (κ1) is 39.2. The summed E-state index contributed by atoms with van der Waals surface area (Å²) in [5.74, 6) is 1.05. The molecular formula is C56H58IrN4OSi-2. The molecule has 0 atom stereocenters. The SMILES string of the molecule is [2H]C([2H])([2H])c1c[c-]c(-c2nc3ccccc3n2-c2c(C(C)C)cc(-c3ccccc3)cc2C(C)C)c2oc3ncccc3c12.[2H]C([2H])(c1cc(-c2[c-]cccc2)ncc1[Si](C)(C)C)C(C)(C)C.[Ir]. The molecule has 63 heavy (non-hydrogen) atoms. The Balaban J connectivity index is 0.000000242. The summed E-state index contributed by atoms with van der Waals surface area (Å²) < 4.78 is 50.9. The third kappa shape index (κ3) is 9.43. The van der Waals surface area contributed by atoms with E-state index in [-0.39, 0.29) is 37.5 Å². The number of hydrogen-bond donors (Lipinski definition) is 0. The molecule has 0 bridgehead atoms. The van der Waals surface area contributed by atoms with Crippen LogP contribution in [0.15, 0.2) is 132 Å². The van der Waals surface area contributed by atoms with Crippen LogP contribution in [-0.2, 0) is 26.5 Å². The number of furan rings is 1. The van der Waals surface area contributed by atoms with Gasteiger partial charge in [0, 0.05) is 50.4 Å². The molecule has 0 aliphatic heterocycles. The quantitative estimate of drug-likeness (QED) is 0.112. The molecule has 9 aromatic rings. The number of nitrogens with zero attached hydrogens (tertiary/aromatic N) is 4. The van der Waals surface area contributed by atoms with Crippen LogP contribution in [0.4, 0.5) is 0 Å². The molecule has 9 rings (SSSR count). The topological polar surface area (TPSA) is 56.7 Å². The molecule has 0 N–H and O–H groups in total. The maximum absolute atomic E-state index is 8.75. The summed E-state index contributed by atoms with van der Waals surface area (Å²) in [5, 5.41) is 2.27. The Bertz CT molecular complexity index is 3210. The van der Waals surface area contributed by atoms with Crippen molar-refractivity contribution in [3.8, 4) is 39.5 Å². The summed E-state index contributed by atoms with van der Waals surface area (Å²) in [6.07, 6.45) is 2.12. The molecule has 5 nitrogen and oxygen atoms in total. The summed E-state index contributed by atoms with van der Waals surface area (Å²) in [4.78, 5) is 14.2. The van der Waals surface area contributed by atoms with E-state index in [0.717, 1.165) is 38.7 Å². The van der Waals surface area contributed by atoms with Gasteiger partial charge >= 0.3 is 0 Å². The van der Waals surface area contributed by atoms with E-state index in [4.69, 9.17) is 16.3 Å². The number of imidazole rings is 1. The van der Waals surface area contributed by atoms with Crippen molar-refractivity contribution in [2.24, 2.45) is 5.41 Å². The monoisotopic (exact) mass is 1030 g/mol. The average molecular weight is 1030 g/mol. The zero-order valence-electron chi connectivity index (χ0n) is 42.8. The molecule has 0 fully saturated rings. The molecule has 323 valence electrons. The van der Waals surface area contributed by atoms with Crippen molar-refractivity contribution in [3.63, 3.8) is 0 Å². The van der Waals surface area contributed by atoms with E-state index in [2.05, 4.69) is 116 Å². The van der Waals surface area contributed by atoms with E-state index < -0.39 is 26.7 Å². The molecule has 0 aliphatic carbocycles. The van der Waals surface area contributed by atoms with Gasteiger partial charge in [-0.1, -0.05) is 140 Å². The molecule has 0 spiro atoms. The fraction of sp³-hybridized carbons (Fsp3) is 0.268. The van der Waals surface area contributed by atoms with Crippen molar-refractivity contribution < 1.29 is 31.4 Å². The van der Waals surface area contributed by atoms with Gasteiger partial charge in [-0.05, 0) is 93.2 Å². The Morgan fingerprint density at radius 3 is 2.16 bits per heavy atom. The number of aromatic nitrogens is 4. The van der Waals surface area contributed by atoms with Gasteiger partial charge in [-0.15, -0.1) is 53.6 Å². The predicted octanol–water partition coefficient (Wildman–Crippen LogP) is 14.7. The number of hydrogen-bond acceptors (Lipinski definition) is 4. The Morgan fingerprint density at radius 2 is 1.51 bits per heavy atom. The number of aryl methyl sites for hydroxylation is 1. The van der Waals surface area contributed by atoms with Crippen LogP contribution in [0.25, 0.3) is 72.6 Å². The maximum atomic E-state index is 8.75. The molecule has 7 heteroatoms. The minimum Gasteiger partial charge on any atom is -0.486 e.